The van der Waals surface area contributed by atoms with Crippen LogP contribution in [0.5, 0.6) is 0 Å². The molecular weight excluding hydrogens is 392 g/mol. The van der Waals surface area contributed by atoms with Gasteiger partial charge in [-0.15, -0.1) is 0 Å². The summed E-state index contributed by atoms with van der Waals surface area (Å²) >= 11 is 0. The maximum atomic E-state index is 12.5. The van der Waals surface area contributed by atoms with Crippen molar-refractivity contribution < 1.29 is 44.1 Å². The lowest BCUT2D eigenvalue weighted by molar-refractivity contribution is -0.142. The van der Waals surface area contributed by atoms with E-state index in [1.54, 1.807) is 0 Å². The summed E-state index contributed by atoms with van der Waals surface area (Å²) < 4.78 is 0. The summed E-state index contributed by atoms with van der Waals surface area (Å²) in [7, 11) is 0. The van der Waals surface area contributed by atoms with E-state index in [1.165, 1.54) is 0 Å². The van der Waals surface area contributed by atoms with Crippen LogP contribution in [0.25, 0.3) is 0 Å². The summed E-state index contributed by atoms with van der Waals surface area (Å²) in [4.78, 5) is 69.1. The molecule has 1 rings (SSSR count). The first-order valence-electron chi connectivity index (χ1n) is 8.87. The molecule has 0 spiro atoms. The molecule has 1 saturated heterocycles. The fraction of sp³-hybridized carbons (Fsp3) is 0.625. The standard InChI is InChI=1S/C16H24N4O9/c21-11(22)4-3-9(14(27)18-7-13(25)26)19-16(29)10(6-12(23)24)20-15(28)8-2-1-5-17-8/h8-10,17H,1-7H2,(H,18,27)(H,19,29)(H,20,28)(H,21,22)(H,23,24)(H,25,26). The summed E-state index contributed by atoms with van der Waals surface area (Å²) in [5.74, 6) is -6.48. The molecule has 162 valence electrons. The number of aliphatic carboxylic acids is 3. The average Bonchev–Trinajstić information content (AvgIpc) is 3.16. The number of carboxylic acid groups (broad SMARTS) is 3. The maximum Gasteiger partial charge on any atom is 0.322 e. The van der Waals surface area contributed by atoms with Crippen molar-refractivity contribution in [2.45, 2.75) is 50.2 Å². The van der Waals surface area contributed by atoms with Gasteiger partial charge in [0.2, 0.25) is 17.7 Å². The summed E-state index contributed by atoms with van der Waals surface area (Å²) in [6.45, 7) is -0.143. The van der Waals surface area contributed by atoms with Crippen molar-refractivity contribution in [2.75, 3.05) is 13.1 Å². The highest BCUT2D eigenvalue weighted by molar-refractivity contribution is 5.95. The molecule has 0 aliphatic carbocycles. The summed E-state index contributed by atoms with van der Waals surface area (Å²) in [6.07, 6.45) is -0.356. The SMILES string of the molecule is O=C(O)CCC(NC(=O)C(CC(=O)O)NC(=O)C1CCCN1)C(=O)NCC(=O)O. The summed E-state index contributed by atoms with van der Waals surface area (Å²) in [5, 5.41) is 35.8. The average molecular weight is 416 g/mol. The Labute approximate surface area is 165 Å². The molecule has 1 fully saturated rings. The van der Waals surface area contributed by atoms with Gasteiger partial charge in [-0.25, -0.2) is 0 Å². The number of rotatable bonds is 12. The van der Waals surface area contributed by atoms with E-state index in [1.807, 2.05) is 5.32 Å². The van der Waals surface area contributed by atoms with Crippen LogP contribution >= 0.6 is 0 Å². The van der Waals surface area contributed by atoms with Gasteiger partial charge in [-0.1, -0.05) is 0 Å². The van der Waals surface area contributed by atoms with E-state index in [9.17, 15) is 28.8 Å². The van der Waals surface area contributed by atoms with E-state index >= 15 is 0 Å². The topological polar surface area (TPSA) is 211 Å². The number of carboxylic acids is 3. The molecule has 3 amide bonds. The fourth-order valence-electron chi connectivity index (χ4n) is 2.66. The van der Waals surface area contributed by atoms with Gasteiger partial charge in [0.25, 0.3) is 0 Å². The zero-order valence-corrected chi connectivity index (χ0v) is 15.5. The minimum absolute atomic E-state index is 0.357. The molecule has 13 nitrogen and oxygen atoms in total. The first-order valence-corrected chi connectivity index (χ1v) is 8.87. The third-order valence-corrected chi connectivity index (χ3v) is 4.08. The Balaban J connectivity index is 2.83. The molecule has 7 N–H and O–H groups in total. The van der Waals surface area contributed by atoms with E-state index in [0.717, 1.165) is 6.42 Å². The summed E-state index contributed by atoms with van der Waals surface area (Å²) in [6, 6.07) is -3.49. The highest BCUT2D eigenvalue weighted by Crippen LogP contribution is 2.07. The van der Waals surface area contributed by atoms with E-state index < -0.39 is 73.1 Å². The molecule has 0 saturated carbocycles. The smallest absolute Gasteiger partial charge is 0.322 e. The molecule has 3 unspecified atom stereocenters. The lowest BCUT2D eigenvalue weighted by atomic mass is 10.1. The van der Waals surface area contributed by atoms with Crippen molar-refractivity contribution in [1.82, 2.24) is 21.3 Å². The van der Waals surface area contributed by atoms with Gasteiger partial charge in [-0.05, 0) is 25.8 Å². The van der Waals surface area contributed by atoms with Gasteiger partial charge in [0.1, 0.15) is 18.6 Å². The number of hydrogen-bond donors (Lipinski definition) is 7. The van der Waals surface area contributed by atoms with Gasteiger partial charge >= 0.3 is 17.9 Å². The van der Waals surface area contributed by atoms with Crippen LogP contribution in [0.1, 0.15) is 32.1 Å². The molecule has 0 bridgehead atoms. The van der Waals surface area contributed by atoms with E-state index in [0.29, 0.717) is 13.0 Å². The quantitative estimate of drug-likeness (QED) is 0.174. The van der Waals surface area contributed by atoms with Crippen molar-refractivity contribution >= 4 is 35.6 Å². The highest BCUT2D eigenvalue weighted by atomic mass is 16.4. The first kappa shape index (κ1) is 23.8. The van der Waals surface area contributed by atoms with Crippen LogP contribution in [-0.2, 0) is 28.8 Å². The normalized spacial score (nSPS) is 17.6. The van der Waals surface area contributed by atoms with Crippen LogP contribution in [0.15, 0.2) is 0 Å². The van der Waals surface area contributed by atoms with Gasteiger partial charge in [-0.2, -0.15) is 0 Å². The Morgan fingerprint density at radius 2 is 1.59 bits per heavy atom. The number of amides is 3. The van der Waals surface area contributed by atoms with Crippen LogP contribution in [0.3, 0.4) is 0 Å². The van der Waals surface area contributed by atoms with Gasteiger partial charge < -0.3 is 36.6 Å². The highest BCUT2D eigenvalue weighted by Gasteiger charge is 2.31. The third-order valence-electron chi connectivity index (χ3n) is 4.08. The molecule has 0 aromatic carbocycles. The Morgan fingerprint density at radius 1 is 0.897 bits per heavy atom. The molecule has 1 heterocycles. The Kier molecular flexibility index (Phi) is 9.51. The van der Waals surface area contributed by atoms with Crippen LogP contribution in [0.4, 0.5) is 0 Å². The van der Waals surface area contributed by atoms with Crippen molar-refractivity contribution in [2.24, 2.45) is 0 Å². The van der Waals surface area contributed by atoms with E-state index in [4.69, 9.17) is 15.3 Å². The lowest BCUT2D eigenvalue weighted by Crippen LogP contribution is -2.56. The monoisotopic (exact) mass is 416 g/mol. The lowest BCUT2D eigenvalue weighted by Gasteiger charge is -2.23. The van der Waals surface area contributed by atoms with Crippen LogP contribution < -0.4 is 21.3 Å². The Morgan fingerprint density at radius 3 is 2.10 bits per heavy atom. The predicted octanol–water partition coefficient (Wildman–Crippen LogP) is -2.75. The Hall–Kier alpha value is -3.22. The molecule has 0 aromatic rings. The van der Waals surface area contributed by atoms with E-state index in [2.05, 4.69) is 16.0 Å². The molecule has 0 aromatic heterocycles. The predicted molar refractivity (Wildman–Crippen MR) is 94.7 cm³/mol. The van der Waals surface area contributed by atoms with Gasteiger partial charge in [0.05, 0.1) is 12.5 Å². The van der Waals surface area contributed by atoms with Crippen molar-refractivity contribution in [1.29, 1.82) is 0 Å². The fourth-order valence-corrected chi connectivity index (χ4v) is 2.66. The van der Waals surface area contributed by atoms with Gasteiger partial charge in [0.15, 0.2) is 0 Å². The largest absolute Gasteiger partial charge is 0.481 e. The number of hydrogen-bond acceptors (Lipinski definition) is 7. The molecule has 0 radical (unpaired) electrons. The summed E-state index contributed by atoms with van der Waals surface area (Å²) in [5.41, 5.74) is 0. The van der Waals surface area contributed by atoms with Crippen LogP contribution in [-0.4, -0.2) is 82.2 Å². The van der Waals surface area contributed by atoms with Crippen molar-refractivity contribution in [3.05, 3.63) is 0 Å². The minimum atomic E-state index is -1.50. The minimum Gasteiger partial charge on any atom is -0.481 e. The third kappa shape index (κ3) is 9.01. The maximum absolute atomic E-state index is 12.5. The van der Waals surface area contributed by atoms with Crippen molar-refractivity contribution in [3.8, 4) is 0 Å². The molecular formula is C16H24N4O9. The molecule has 29 heavy (non-hydrogen) atoms. The van der Waals surface area contributed by atoms with Gasteiger partial charge in [0, 0.05) is 6.42 Å². The Bertz CT molecular complexity index is 661. The second-order valence-electron chi connectivity index (χ2n) is 6.41. The first-order chi connectivity index (χ1) is 13.6. The molecule has 3 atom stereocenters. The second kappa shape index (κ2) is 11.6. The zero-order valence-electron chi connectivity index (χ0n) is 15.5. The zero-order chi connectivity index (χ0) is 22.0. The van der Waals surface area contributed by atoms with Crippen LogP contribution in [0, 0.1) is 0 Å². The molecule has 1 aliphatic heterocycles. The van der Waals surface area contributed by atoms with Crippen LogP contribution in [0.2, 0.25) is 0 Å². The molecule has 13 heteroatoms. The number of carbonyl (C=O) groups is 6. The van der Waals surface area contributed by atoms with E-state index in [-0.39, 0.29) is 6.42 Å². The number of nitrogens with one attached hydrogen (secondary N) is 4. The molecule has 1 aliphatic rings. The van der Waals surface area contributed by atoms with Crippen molar-refractivity contribution in [3.63, 3.8) is 0 Å². The van der Waals surface area contributed by atoms with Gasteiger partial charge in [-0.3, -0.25) is 28.8 Å². The number of carbonyl (C=O) groups excluding carboxylic acids is 3. The second-order valence-corrected chi connectivity index (χ2v) is 6.41.